The first-order valence-corrected chi connectivity index (χ1v) is 11.4. The van der Waals surface area contributed by atoms with Crippen molar-refractivity contribution in [2.45, 2.75) is 28.5 Å². The number of carbonyl (C=O) groups excluding carboxylic acids is 3. The highest BCUT2D eigenvalue weighted by molar-refractivity contribution is 9.10. The number of nitrogens with zero attached hydrogens (tertiary/aromatic N) is 1. The lowest BCUT2D eigenvalue weighted by Gasteiger charge is -2.55. The minimum Gasteiger partial charge on any atom is -0.548 e. The number of imide groups is 1. The Bertz CT molecular complexity index is 1010. The fourth-order valence-electron chi connectivity index (χ4n) is 5.64. The number of hydrogen-bond donors (Lipinski definition) is 0. The van der Waals surface area contributed by atoms with Crippen molar-refractivity contribution in [3.8, 4) is 0 Å². The van der Waals surface area contributed by atoms with Crippen molar-refractivity contribution in [3.63, 3.8) is 0 Å². The summed E-state index contributed by atoms with van der Waals surface area (Å²) in [7, 11) is 0. The Morgan fingerprint density at radius 1 is 0.867 bits per heavy atom. The monoisotopic (exact) mass is 530 g/mol. The number of aliphatic carboxylic acids is 1. The Labute approximate surface area is 190 Å². The van der Waals surface area contributed by atoms with E-state index in [2.05, 4.69) is 31.9 Å². The van der Waals surface area contributed by atoms with E-state index in [9.17, 15) is 19.5 Å². The van der Waals surface area contributed by atoms with Gasteiger partial charge in [0.1, 0.15) is 0 Å². The van der Waals surface area contributed by atoms with Crippen LogP contribution in [0.4, 0.5) is 0 Å². The molecule has 1 heterocycles. The maximum absolute atomic E-state index is 13.7. The quantitative estimate of drug-likeness (QED) is 0.450. The molecule has 1 saturated heterocycles. The van der Waals surface area contributed by atoms with Gasteiger partial charge in [-0.1, -0.05) is 94.2 Å². The summed E-state index contributed by atoms with van der Waals surface area (Å²) in [5.41, 5.74) is 3.66. The lowest BCUT2D eigenvalue weighted by atomic mass is 9.54. The highest BCUT2D eigenvalue weighted by atomic mass is 79.9. The maximum atomic E-state index is 13.7. The number of carbonyl (C=O) groups is 3. The van der Waals surface area contributed by atoms with E-state index in [-0.39, 0.29) is 0 Å². The fraction of sp³-hybridized carbons (Fsp3) is 0.348. The van der Waals surface area contributed by atoms with Crippen LogP contribution in [0.5, 0.6) is 0 Å². The third-order valence-corrected chi connectivity index (χ3v) is 9.47. The second-order valence-electron chi connectivity index (χ2n) is 8.52. The van der Waals surface area contributed by atoms with Gasteiger partial charge in [0.15, 0.2) is 0 Å². The van der Waals surface area contributed by atoms with Crippen LogP contribution in [0.2, 0.25) is 0 Å². The van der Waals surface area contributed by atoms with E-state index in [0.29, 0.717) is 0 Å². The maximum Gasteiger partial charge on any atom is 0.235 e. The van der Waals surface area contributed by atoms with Crippen molar-refractivity contribution in [2.24, 2.45) is 17.8 Å². The van der Waals surface area contributed by atoms with E-state index >= 15 is 0 Å². The first-order valence-electron chi connectivity index (χ1n) is 9.82. The Morgan fingerprint density at radius 2 is 1.20 bits per heavy atom. The van der Waals surface area contributed by atoms with E-state index in [0.717, 1.165) is 27.2 Å². The Morgan fingerprint density at radius 3 is 1.47 bits per heavy atom. The van der Waals surface area contributed by atoms with Gasteiger partial charge in [-0.05, 0) is 28.2 Å². The highest BCUT2D eigenvalue weighted by Crippen LogP contribution is 2.70. The highest BCUT2D eigenvalue weighted by Gasteiger charge is 2.73. The molecule has 0 radical (unpaired) electrons. The number of hydrogen-bond acceptors (Lipinski definition) is 4. The lowest BCUT2D eigenvalue weighted by Crippen LogP contribution is -2.56. The lowest BCUT2D eigenvalue weighted by molar-refractivity contribution is -0.312. The van der Waals surface area contributed by atoms with Crippen LogP contribution in [0, 0.1) is 17.8 Å². The number of carboxylic acid groups (broad SMARTS) is 1. The van der Waals surface area contributed by atoms with Crippen molar-refractivity contribution in [2.75, 3.05) is 0 Å². The van der Waals surface area contributed by atoms with Crippen molar-refractivity contribution in [1.82, 2.24) is 4.90 Å². The Kier molecular flexibility index (Phi) is 4.16. The summed E-state index contributed by atoms with van der Waals surface area (Å²) in [6.07, 6.45) is 0. The van der Waals surface area contributed by atoms with Gasteiger partial charge in [0.25, 0.3) is 0 Å². The smallest absolute Gasteiger partial charge is 0.235 e. The molecule has 3 aliphatic carbocycles. The molecule has 0 N–H and O–H groups in total. The molecule has 0 spiro atoms. The van der Waals surface area contributed by atoms with Gasteiger partial charge in [-0.2, -0.15) is 0 Å². The van der Waals surface area contributed by atoms with Gasteiger partial charge >= 0.3 is 0 Å². The molecule has 1 aliphatic heterocycles. The summed E-state index contributed by atoms with van der Waals surface area (Å²) in [6.45, 7) is 3.35. The van der Waals surface area contributed by atoms with Crippen LogP contribution < -0.4 is 5.11 Å². The van der Waals surface area contributed by atoms with Gasteiger partial charge in [-0.15, -0.1) is 0 Å². The summed E-state index contributed by atoms with van der Waals surface area (Å²) in [5.74, 6) is -4.37. The van der Waals surface area contributed by atoms with E-state index in [1.807, 2.05) is 48.5 Å². The summed E-state index contributed by atoms with van der Waals surface area (Å²) in [4.78, 5) is 40.3. The van der Waals surface area contributed by atoms with Crippen LogP contribution in [0.1, 0.15) is 36.1 Å². The molecule has 2 bridgehead atoms. The van der Waals surface area contributed by atoms with Gasteiger partial charge in [-0.3, -0.25) is 14.5 Å². The first-order chi connectivity index (χ1) is 14.2. The molecule has 0 unspecified atom stereocenters. The van der Waals surface area contributed by atoms with Crippen LogP contribution in [0.15, 0.2) is 48.5 Å². The topological polar surface area (TPSA) is 77.5 Å². The van der Waals surface area contributed by atoms with Gasteiger partial charge < -0.3 is 9.90 Å². The third-order valence-electron chi connectivity index (χ3n) is 6.77. The van der Waals surface area contributed by atoms with E-state index in [1.165, 1.54) is 0 Å². The van der Waals surface area contributed by atoms with Crippen LogP contribution in [0.3, 0.4) is 0 Å². The van der Waals surface area contributed by atoms with Crippen LogP contribution >= 0.6 is 31.9 Å². The minimum absolute atomic E-state index is 0.469. The Balaban J connectivity index is 1.82. The molecule has 0 saturated carbocycles. The number of alkyl halides is 2. The molecule has 1 fully saturated rings. The number of rotatable bonds is 3. The molecule has 2 amide bonds. The summed E-state index contributed by atoms with van der Waals surface area (Å²) in [6, 6.07) is 14.2. The zero-order chi connectivity index (χ0) is 21.6. The summed E-state index contributed by atoms with van der Waals surface area (Å²) < 4.78 is -1.84. The average Bonchev–Trinajstić information content (AvgIpc) is 2.98. The van der Waals surface area contributed by atoms with Crippen molar-refractivity contribution < 1.29 is 19.5 Å². The van der Waals surface area contributed by atoms with Crippen LogP contribution in [-0.2, 0) is 23.0 Å². The van der Waals surface area contributed by atoms with E-state index < -0.39 is 50.2 Å². The predicted octanol–water partition coefficient (Wildman–Crippen LogP) is 2.67. The molecule has 6 rings (SSSR count). The van der Waals surface area contributed by atoms with Gasteiger partial charge in [0.05, 0.1) is 32.5 Å². The van der Waals surface area contributed by atoms with Gasteiger partial charge in [0.2, 0.25) is 11.8 Å². The normalized spacial score (nSPS) is 32.1. The molecule has 0 aromatic heterocycles. The number of carboxylic acids is 1. The third kappa shape index (κ3) is 2.10. The summed E-state index contributed by atoms with van der Waals surface area (Å²) in [5, 5.41) is 11.9. The SMILES string of the molecule is CC(C)[C@H](C(=O)[O-])N1C(=O)[C@@H]2[C@@H](C1=O)C1(Br)c3ccccc3C2(Br)c2ccccc21. The van der Waals surface area contributed by atoms with Crippen molar-refractivity contribution in [1.29, 1.82) is 0 Å². The van der Waals surface area contributed by atoms with Gasteiger partial charge in [0, 0.05) is 0 Å². The standard InChI is InChI=1S/C23H19Br2NO4/c1-11(2)18(21(29)30)26-19(27)16-17(20(26)28)23(25)13-8-4-3-7-12(13)22(16,24)14-9-5-6-10-15(14)23/h3-11,16-18H,1-2H3,(H,29,30)/p-1/t16-,17-,18+,22?,23?/m0/s1. The van der Waals surface area contributed by atoms with Gasteiger partial charge in [-0.25, -0.2) is 0 Å². The van der Waals surface area contributed by atoms with Crippen molar-refractivity contribution in [3.05, 3.63) is 70.8 Å². The molecular weight excluding hydrogens is 514 g/mol. The molecule has 7 heteroatoms. The average molecular weight is 532 g/mol. The minimum atomic E-state index is -1.42. The van der Waals surface area contributed by atoms with Crippen molar-refractivity contribution >= 4 is 49.6 Å². The molecular formula is C23H18Br2NO4-. The molecule has 2 aromatic rings. The molecule has 154 valence electrons. The molecule has 5 nitrogen and oxygen atoms in total. The van der Waals surface area contributed by atoms with Crippen LogP contribution in [0.25, 0.3) is 0 Å². The number of halogens is 2. The predicted molar refractivity (Wildman–Crippen MR) is 115 cm³/mol. The first kappa shape index (κ1) is 19.9. The molecule has 2 aromatic carbocycles. The molecule has 3 atom stereocenters. The van der Waals surface area contributed by atoms with Crippen LogP contribution in [-0.4, -0.2) is 28.7 Å². The zero-order valence-electron chi connectivity index (χ0n) is 16.3. The second-order valence-corrected chi connectivity index (χ2v) is 11.0. The molecule has 30 heavy (non-hydrogen) atoms. The number of amides is 2. The largest absolute Gasteiger partial charge is 0.548 e. The second kappa shape index (κ2) is 6.26. The molecule has 4 aliphatic rings. The van der Waals surface area contributed by atoms with E-state index in [4.69, 9.17) is 0 Å². The summed E-state index contributed by atoms with van der Waals surface area (Å²) >= 11 is 7.79. The number of benzene rings is 2. The zero-order valence-corrected chi connectivity index (χ0v) is 19.4. The fourth-order valence-corrected chi connectivity index (χ4v) is 7.94. The van der Waals surface area contributed by atoms with E-state index in [1.54, 1.807) is 13.8 Å². The Hall–Kier alpha value is -1.99. The number of likely N-dealkylation sites (tertiary alicyclic amines) is 1.